The molecule has 1 rings (SSSR count). The number of nitrogens with zero attached hydrogens (tertiary/aromatic N) is 1. The summed E-state index contributed by atoms with van der Waals surface area (Å²) in [5.41, 5.74) is 0.900. The first-order chi connectivity index (χ1) is 7.06. The number of nitrogens with one attached hydrogen (secondary N) is 1. The van der Waals surface area contributed by atoms with Crippen LogP contribution in [0, 0.1) is 10.1 Å². The molecule has 1 atom stereocenters. The average Bonchev–Trinajstić information content (AvgIpc) is 2.17. The van der Waals surface area contributed by atoms with Crippen molar-refractivity contribution in [3.05, 3.63) is 38.9 Å². The zero-order valence-corrected chi connectivity index (χ0v) is 9.41. The third-order valence-corrected chi connectivity index (χ3v) is 2.50. The highest BCUT2D eigenvalue weighted by Gasteiger charge is 2.12. The van der Waals surface area contributed by atoms with Gasteiger partial charge in [-0.3, -0.25) is 10.1 Å². The molecule has 1 N–H and O–H groups in total. The van der Waals surface area contributed by atoms with Crippen LogP contribution in [0.25, 0.3) is 0 Å². The lowest BCUT2D eigenvalue weighted by atomic mass is 10.1. The second-order valence-electron chi connectivity index (χ2n) is 3.24. The molecular formula is C10H13ClN2O2. The molecule has 1 aromatic rings. The maximum Gasteiger partial charge on any atom is 0.270 e. The zero-order chi connectivity index (χ0) is 11.4. The van der Waals surface area contributed by atoms with Gasteiger partial charge in [0, 0.05) is 18.2 Å². The number of rotatable bonds is 4. The van der Waals surface area contributed by atoms with Crippen LogP contribution in [0.1, 0.15) is 25.5 Å². The Hall–Kier alpha value is -1.13. The first-order valence-electron chi connectivity index (χ1n) is 4.73. The number of halogens is 1. The van der Waals surface area contributed by atoms with Crippen LogP contribution < -0.4 is 5.32 Å². The highest BCUT2D eigenvalue weighted by molar-refractivity contribution is 6.31. The van der Waals surface area contributed by atoms with Gasteiger partial charge < -0.3 is 5.32 Å². The summed E-state index contributed by atoms with van der Waals surface area (Å²) in [6.45, 7) is 4.79. The predicted molar refractivity (Wildman–Crippen MR) is 60.2 cm³/mol. The summed E-state index contributed by atoms with van der Waals surface area (Å²) in [4.78, 5) is 10.0. The van der Waals surface area contributed by atoms with Gasteiger partial charge in [0.2, 0.25) is 0 Å². The van der Waals surface area contributed by atoms with Gasteiger partial charge in [-0.2, -0.15) is 0 Å². The molecule has 15 heavy (non-hydrogen) atoms. The molecular weight excluding hydrogens is 216 g/mol. The Morgan fingerprint density at radius 1 is 1.60 bits per heavy atom. The lowest BCUT2D eigenvalue weighted by molar-refractivity contribution is -0.384. The lowest BCUT2D eigenvalue weighted by Crippen LogP contribution is -2.17. The van der Waals surface area contributed by atoms with Gasteiger partial charge in [0.25, 0.3) is 5.69 Å². The van der Waals surface area contributed by atoms with Crippen LogP contribution in [0.2, 0.25) is 5.02 Å². The maximum absolute atomic E-state index is 10.5. The molecule has 0 bridgehead atoms. The Balaban J connectivity index is 2.97. The summed E-state index contributed by atoms with van der Waals surface area (Å²) < 4.78 is 0. The number of nitro benzene ring substituents is 1. The average molecular weight is 229 g/mol. The minimum atomic E-state index is -0.451. The third-order valence-electron chi connectivity index (χ3n) is 2.17. The highest BCUT2D eigenvalue weighted by Crippen LogP contribution is 2.26. The van der Waals surface area contributed by atoms with Gasteiger partial charge in [0.15, 0.2) is 0 Å². The number of non-ortho nitro benzene ring substituents is 1. The van der Waals surface area contributed by atoms with E-state index in [0.717, 1.165) is 12.1 Å². The van der Waals surface area contributed by atoms with Crippen molar-refractivity contribution in [2.45, 2.75) is 19.9 Å². The Morgan fingerprint density at radius 2 is 2.27 bits per heavy atom. The van der Waals surface area contributed by atoms with Gasteiger partial charge in [0.1, 0.15) is 0 Å². The van der Waals surface area contributed by atoms with Crippen molar-refractivity contribution in [1.29, 1.82) is 0 Å². The normalized spacial score (nSPS) is 12.5. The first-order valence-corrected chi connectivity index (χ1v) is 5.11. The fraction of sp³-hybridized carbons (Fsp3) is 0.400. The molecule has 4 nitrogen and oxygen atoms in total. The summed E-state index contributed by atoms with van der Waals surface area (Å²) in [5, 5.41) is 14.1. The van der Waals surface area contributed by atoms with E-state index in [1.165, 1.54) is 12.1 Å². The van der Waals surface area contributed by atoms with Crippen molar-refractivity contribution in [2.24, 2.45) is 0 Å². The molecule has 1 unspecified atom stereocenters. The smallest absolute Gasteiger partial charge is 0.270 e. The molecule has 0 heterocycles. The van der Waals surface area contributed by atoms with E-state index < -0.39 is 4.92 Å². The Labute approximate surface area is 93.4 Å². The summed E-state index contributed by atoms with van der Waals surface area (Å²) >= 11 is 5.96. The molecule has 0 saturated heterocycles. The molecule has 0 aliphatic rings. The number of benzene rings is 1. The predicted octanol–water partition coefficient (Wildman–Crippen LogP) is 2.92. The van der Waals surface area contributed by atoms with Gasteiger partial charge in [-0.05, 0) is 25.1 Å². The molecule has 0 radical (unpaired) electrons. The summed E-state index contributed by atoms with van der Waals surface area (Å²) in [6, 6.07) is 4.64. The molecule has 0 fully saturated rings. The van der Waals surface area contributed by atoms with E-state index in [0.29, 0.717) is 5.02 Å². The van der Waals surface area contributed by atoms with Crippen molar-refractivity contribution in [2.75, 3.05) is 6.54 Å². The second kappa shape index (κ2) is 5.09. The molecule has 0 saturated carbocycles. The first kappa shape index (κ1) is 11.9. The largest absolute Gasteiger partial charge is 0.310 e. The Bertz CT molecular complexity index is 368. The molecule has 1 aromatic carbocycles. The Morgan fingerprint density at radius 3 is 2.73 bits per heavy atom. The van der Waals surface area contributed by atoms with Crippen LogP contribution in [0.4, 0.5) is 5.69 Å². The quantitative estimate of drug-likeness (QED) is 0.637. The molecule has 5 heteroatoms. The van der Waals surface area contributed by atoms with E-state index in [-0.39, 0.29) is 11.7 Å². The monoisotopic (exact) mass is 228 g/mol. The van der Waals surface area contributed by atoms with Crippen LogP contribution in [-0.4, -0.2) is 11.5 Å². The number of hydrogen-bond acceptors (Lipinski definition) is 3. The minimum absolute atomic E-state index is 0.0208. The zero-order valence-electron chi connectivity index (χ0n) is 8.66. The summed E-state index contributed by atoms with van der Waals surface area (Å²) in [7, 11) is 0. The van der Waals surface area contributed by atoms with Gasteiger partial charge in [-0.25, -0.2) is 0 Å². The summed E-state index contributed by atoms with van der Waals surface area (Å²) in [6.07, 6.45) is 0. The van der Waals surface area contributed by atoms with E-state index in [1.807, 2.05) is 13.8 Å². The van der Waals surface area contributed by atoms with Gasteiger partial charge in [-0.15, -0.1) is 0 Å². The van der Waals surface area contributed by atoms with Crippen molar-refractivity contribution >= 4 is 17.3 Å². The summed E-state index contributed by atoms with van der Waals surface area (Å²) in [5.74, 6) is 0. The fourth-order valence-corrected chi connectivity index (χ4v) is 1.74. The Kier molecular flexibility index (Phi) is 4.05. The minimum Gasteiger partial charge on any atom is -0.310 e. The number of nitro groups is 1. The van der Waals surface area contributed by atoms with Crippen LogP contribution in [0.15, 0.2) is 18.2 Å². The van der Waals surface area contributed by atoms with E-state index in [4.69, 9.17) is 11.6 Å². The SMILES string of the molecule is CCNC(C)c1ccc([N+](=O)[O-])cc1Cl. The van der Waals surface area contributed by atoms with Crippen LogP contribution >= 0.6 is 11.6 Å². The van der Waals surface area contributed by atoms with Crippen molar-refractivity contribution in [3.63, 3.8) is 0 Å². The van der Waals surface area contributed by atoms with Crippen molar-refractivity contribution < 1.29 is 4.92 Å². The molecule has 0 aliphatic heterocycles. The van der Waals surface area contributed by atoms with Gasteiger partial charge in [-0.1, -0.05) is 18.5 Å². The lowest BCUT2D eigenvalue weighted by Gasteiger charge is -2.13. The maximum atomic E-state index is 10.5. The highest BCUT2D eigenvalue weighted by atomic mass is 35.5. The van der Waals surface area contributed by atoms with Crippen molar-refractivity contribution in [3.8, 4) is 0 Å². The van der Waals surface area contributed by atoms with Crippen molar-refractivity contribution in [1.82, 2.24) is 5.32 Å². The van der Waals surface area contributed by atoms with E-state index >= 15 is 0 Å². The van der Waals surface area contributed by atoms with E-state index in [1.54, 1.807) is 6.07 Å². The van der Waals surface area contributed by atoms with Crippen LogP contribution in [-0.2, 0) is 0 Å². The molecule has 0 spiro atoms. The molecule has 0 aromatic heterocycles. The van der Waals surface area contributed by atoms with E-state index in [2.05, 4.69) is 5.32 Å². The van der Waals surface area contributed by atoms with Gasteiger partial charge in [0.05, 0.1) is 9.95 Å². The van der Waals surface area contributed by atoms with E-state index in [9.17, 15) is 10.1 Å². The second-order valence-corrected chi connectivity index (χ2v) is 3.65. The fourth-order valence-electron chi connectivity index (χ4n) is 1.40. The van der Waals surface area contributed by atoms with Gasteiger partial charge >= 0.3 is 0 Å². The standard InChI is InChI=1S/C10H13ClN2O2/c1-3-12-7(2)9-5-4-8(13(14)15)6-10(9)11/h4-7,12H,3H2,1-2H3. The molecule has 0 amide bonds. The third kappa shape index (κ3) is 2.91. The molecule has 0 aliphatic carbocycles. The number of hydrogen-bond donors (Lipinski definition) is 1. The van der Waals surface area contributed by atoms with Crippen LogP contribution in [0.3, 0.4) is 0 Å². The topological polar surface area (TPSA) is 55.2 Å². The van der Waals surface area contributed by atoms with Crippen LogP contribution in [0.5, 0.6) is 0 Å². The molecule has 82 valence electrons.